The standard InChI is InChI=1S/C15H23NO4S/c1-5-9-16(12(3)4)21(18,19)14-7-8-15(20-6-2)13(10-14)11-17/h5,7-8,10,12,17H,1,6,9,11H2,2-4H3. The number of aliphatic hydroxyl groups is 1. The molecule has 0 saturated heterocycles. The van der Waals surface area contributed by atoms with Crippen molar-refractivity contribution in [3.63, 3.8) is 0 Å². The zero-order chi connectivity index (χ0) is 16.0. The van der Waals surface area contributed by atoms with Gasteiger partial charge in [-0.15, -0.1) is 6.58 Å². The summed E-state index contributed by atoms with van der Waals surface area (Å²) in [5.74, 6) is 0.499. The largest absolute Gasteiger partial charge is 0.494 e. The van der Waals surface area contributed by atoms with Crippen molar-refractivity contribution in [2.45, 2.75) is 38.3 Å². The van der Waals surface area contributed by atoms with Gasteiger partial charge in [-0.3, -0.25) is 0 Å². The van der Waals surface area contributed by atoms with Gasteiger partial charge < -0.3 is 9.84 Å². The Hall–Kier alpha value is -1.37. The fourth-order valence-electron chi connectivity index (χ4n) is 1.99. The number of sulfonamides is 1. The lowest BCUT2D eigenvalue weighted by molar-refractivity contribution is 0.266. The second-order valence-corrected chi connectivity index (χ2v) is 6.71. The van der Waals surface area contributed by atoms with Crippen molar-refractivity contribution in [1.82, 2.24) is 4.31 Å². The number of rotatable bonds is 8. The molecule has 0 aliphatic carbocycles. The first-order chi connectivity index (χ1) is 9.88. The summed E-state index contributed by atoms with van der Waals surface area (Å²) in [5.41, 5.74) is 0.459. The topological polar surface area (TPSA) is 66.8 Å². The summed E-state index contributed by atoms with van der Waals surface area (Å²) in [6, 6.07) is 4.35. The van der Waals surface area contributed by atoms with E-state index in [0.717, 1.165) is 0 Å². The highest BCUT2D eigenvalue weighted by molar-refractivity contribution is 7.89. The minimum atomic E-state index is -3.63. The number of nitrogens with zero attached hydrogens (tertiary/aromatic N) is 1. The minimum Gasteiger partial charge on any atom is -0.494 e. The fraction of sp³-hybridized carbons (Fsp3) is 0.467. The molecule has 0 aliphatic rings. The molecule has 0 fully saturated rings. The van der Waals surface area contributed by atoms with E-state index in [4.69, 9.17) is 4.74 Å². The van der Waals surface area contributed by atoms with Crippen LogP contribution < -0.4 is 4.74 Å². The molecule has 0 radical (unpaired) electrons. The van der Waals surface area contributed by atoms with Gasteiger partial charge in [0.1, 0.15) is 5.75 Å². The van der Waals surface area contributed by atoms with E-state index in [1.807, 2.05) is 20.8 Å². The highest BCUT2D eigenvalue weighted by Crippen LogP contribution is 2.25. The lowest BCUT2D eigenvalue weighted by Crippen LogP contribution is -2.37. The molecule has 0 heterocycles. The lowest BCUT2D eigenvalue weighted by atomic mass is 10.2. The molecule has 1 aromatic carbocycles. The normalized spacial score (nSPS) is 11.9. The average molecular weight is 313 g/mol. The molecule has 5 nitrogen and oxygen atoms in total. The van der Waals surface area contributed by atoms with E-state index in [9.17, 15) is 13.5 Å². The van der Waals surface area contributed by atoms with Gasteiger partial charge in [0.25, 0.3) is 0 Å². The molecule has 21 heavy (non-hydrogen) atoms. The number of ether oxygens (including phenoxy) is 1. The van der Waals surface area contributed by atoms with Gasteiger partial charge in [-0.05, 0) is 39.0 Å². The first-order valence-corrected chi connectivity index (χ1v) is 8.31. The number of hydrogen-bond donors (Lipinski definition) is 1. The molecule has 0 aromatic heterocycles. The van der Waals surface area contributed by atoms with Crippen molar-refractivity contribution in [3.8, 4) is 5.75 Å². The molecule has 0 atom stereocenters. The zero-order valence-electron chi connectivity index (χ0n) is 12.7. The van der Waals surface area contributed by atoms with Gasteiger partial charge in [0.15, 0.2) is 0 Å². The van der Waals surface area contributed by atoms with E-state index in [-0.39, 0.29) is 24.1 Å². The van der Waals surface area contributed by atoms with Gasteiger partial charge in [0.05, 0.1) is 18.1 Å². The molecule has 1 N–H and O–H groups in total. The highest BCUT2D eigenvalue weighted by atomic mass is 32.2. The molecule has 0 unspecified atom stereocenters. The van der Waals surface area contributed by atoms with Crippen molar-refractivity contribution >= 4 is 10.0 Å². The molecule has 0 amide bonds. The monoisotopic (exact) mass is 313 g/mol. The minimum absolute atomic E-state index is 0.144. The van der Waals surface area contributed by atoms with Crippen LogP contribution >= 0.6 is 0 Å². The summed E-state index contributed by atoms with van der Waals surface area (Å²) in [6.07, 6.45) is 1.55. The average Bonchev–Trinajstić information content (AvgIpc) is 2.44. The highest BCUT2D eigenvalue weighted by Gasteiger charge is 2.26. The molecule has 1 rings (SSSR count). The Morgan fingerprint density at radius 2 is 2.10 bits per heavy atom. The van der Waals surface area contributed by atoms with Crippen LogP contribution in [0.5, 0.6) is 5.75 Å². The molecule has 0 spiro atoms. The van der Waals surface area contributed by atoms with Gasteiger partial charge >= 0.3 is 0 Å². The summed E-state index contributed by atoms with van der Waals surface area (Å²) in [4.78, 5) is 0.144. The van der Waals surface area contributed by atoms with Gasteiger partial charge in [-0.25, -0.2) is 8.42 Å². The molecule has 1 aromatic rings. The number of hydrogen-bond acceptors (Lipinski definition) is 4. The summed E-state index contributed by atoms with van der Waals surface area (Å²) in [6.45, 7) is 9.46. The smallest absolute Gasteiger partial charge is 0.243 e. The molecule has 6 heteroatoms. The SMILES string of the molecule is C=CCN(C(C)C)S(=O)(=O)c1ccc(OCC)c(CO)c1. The Morgan fingerprint density at radius 3 is 2.57 bits per heavy atom. The molecule has 0 bridgehead atoms. The number of aliphatic hydroxyl groups excluding tert-OH is 1. The van der Waals surface area contributed by atoms with Gasteiger partial charge in [0.2, 0.25) is 10.0 Å². The van der Waals surface area contributed by atoms with Gasteiger partial charge in [0, 0.05) is 18.2 Å². The Morgan fingerprint density at radius 1 is 1.43 bits per heavy atom. The first kappa shape index (κ1) is 17.7. The van der Waals surface area contributed by atoms with Crippen LogP contribution in [0.4, 0.5) is 0 Å². The third-order valence-electron chi connectivity index (χ3n) is 2.99. The van der Waals surface area contributed by atoms with Crippen LogP contribution in [0.25, 0.3) is 0 Å². The van der Waals surface area contributed by atoms with Crippen molar-refractivity contribution in [2.75, 3.05) is 13.2 Å². The van der Waals surface area contributed by atoms with Crippen LogP contribution in [0.1, 0.15) is 26.3 Å². The molecule has 0 saturated carbocycles. The van der Waals surface area contributed by atoms with E-state index < -0.39 is 10.0 Å². The Kier molecular flexibility index (Phi) is 6.39. The molecule has 0 aliphatic heterocycles. The van der Waals surface area contributed by atoms with Crippen molar-refractivity contribution in [2.24, 2.45) is 0 Å². The summed E-state index contributed by atoms with van der Waals surface area (Å²) >= 11 is 0. The Balaban J connectivity index is 3.27. The van der Waals surface area contributed by atoms with Crippen molar-refractivity contribution < 1.29 is 18.3 Å². The second kappa shape index (κ2) is 7.59. The van der Waals surface area contributed by atoms with Crippen LogP contribution in [0.15, 0.2) is 35.7 Å². The molecule has 118 valence electrons. The predicted molar refractivity (Wildman–Crippen MR) is 82.8 cm³/mol. The maximum Gasteiger partial charge on any atom is 0.243 e. The van der Waals surface area contributed by atoms with E-state index in [2.05, 4.69) is 6.58 Å². The maximum absolute atomic E-state index is 12.7. The summed E-state index contributed by atoms with van der Waals surface area (Å²) in [5, 5.41) is 9.38. The molecular formula is C15H23NO4S. The van der Waals surface area contributed by atoms with Crippen LogP contribution in [0.3, 0.4) is 0 Å². The van der Waals surface area contributed by atoms with E-state index in [0.29, 0.717) is 17.9 Å². The Bertz CT molecular complexity index is 581. The van der Waals surface area contributed by atoms with Crippen LogP contribution in [0.2, 0.25) is 0 Å². The van der Waals surface area contributed by atoms with Crippen LogP contribution in [-0.4, -0.2) is 37.0 Å². The Labute approximate surface area is 126 Å². The van der Waals surface area contributed by atoms with Crippen LogP contribution in [-0.2, 0) is 16.6 Å². The van der Waals surface area contributed by atoms with Gasteiger partial charge in [-0.1, -0.05) is 6.08 Å². The zero-order valence-corrected chi connectivity index (χ0v) is 13.6. The van der Waals surface area contributed by atoms with Crippen molar-refractivity contribution in [3.05, 3.63) is 36.4 Å². The van der Waals surface area contributed by atoms with Crippen LogP contribution in [0, 0.1) is 0 Å². The summed E-state index contributed by atoms with van der Waals surface area (Å²) < 4.78 is 32.0. The predicted octanol–water partition coefficient (Wildman–Crippen LogP) is 2.16. The van der Waals surface area contributed by atoms with E-state index in [1.54, 1.807) is 12.1 Å². The fourth-order valence-corrected chi connectivity index (χ4v) is 3.64. The lowest BCUT2D eigenvalue weighted by Gasteiger charge is -2.25. The van der Waals surface area contributed by atoms with E-state index in [1.165, 1.54) is 16.4 Å². The number of benzene rings is 1. The third kappa shape index (κ3) is 4.06. The van der Waals surface area contributed by atoms with Crippen molar-refractivity contribution in [1.29, 1.82) is 0 Å². The second-order valence-electron chi connectivity index (χ2n) is 4.82. The third-order valence-corrected chi connectivity index (χ3v) is 5.03. The molecular weight excluding hydrogens is 290 g/mol. The maximum atomic E-state index is 12.7. The van der Waals surface area contributed by atoms with Gasteiger partial charge in [-0.2, -0.15) is 4.31 Å². The van der Waals surface area contributed by atoms with E-state index >= 15 is 0 Å². The first-order valence-electron chi connectivity index (χ1n) is 6.87. The summed E-state index contributed by atoms with van der Waals surface area (Å²) in [7, 11) is -3.63. The quantitative estimate of drug-likeness (QED) is 0.747.